The average Bonchev–Trinajstić information content (AvgIpc) is 2.47. The summed E-state index contributed by atoms with van der Waals surface area (Å²) in [6.45, 7) is 0. The molecule has 2 rings (SSSR count). The van der Waals surface area contributed by atoms with Crippen LogP contribution in [0, 0.1) is 0 Å². The monoisotopic (exact) mass is 162 g/mol. The van der Waals surface area contributed by atoms with E-state index in [2.05, 4.69) is 0 Å². The van der Waals surface area contributed by atoms with Crippen LogP contribution in [0.4, 0.5) is 0 Å². The first-order valence-electron chi connectivity index (χ1n) is 3.48. The third kappa shape index (κ3) is 0.871. The molecule has 0 aliphatic carbocycles. The number of carboxylic acid groups (broad SMARTS) is 1. The molecule has 3 nitrogen and oxygen atoms in total. The molecule has 0 saturated heterocycles. The van der Waals surface area contributed by atoms with Crippen LogP contribution in [0.3, 0.4) is 0 Å². The molecule has 0 unspecified atom stereocenters. The predicted octanol–water partition coefficient (Wildman–Crippen LogP) is 2.13. The van der Waals surface area contributed by atoms with Gasteiger partial charge in [0.25, 0.3) is 0 Å². The van der Waals surface area contributed by atoms with E-state index in [0.29, 0.717) is 5.39 Å². The van der Waals surface area contributed by atoms with E-state index in [0.717, 1.165) is 5.39 Å². The van der Waals surface area contributed by atoms with Crippen LogP contribution >= 0.6 is 0 Å². The minimum Gasteiger partial charge on any atom is -0.475 e. The van der Waals surface area contributed by atoms with Crippen LogP contribution in [0.2, 0.25) is 0 Å². The van der Waals surface area contributed by atoms with Gasteiger partial charge in [-0.05, 0) is 0 Å². The van der Waals surface area contributed by atoms with E-state index in [4.69, 9.17) is 9.52 Å². The molecule has 1 N–H and O–H groups in total. The topological polar surface area (TPSA) is 50.4 Å². The van der Waals surface area contributed by atoms with Gasteiger partial charge < -0.3 is 9.52 Å². The van der Waals surface area contributed by atoms with Gasteiger partial charge >= 0.3 is 5.97 Å². The molecule has 0 aliphatic rings. The summed E-state index contributed by atoms with van der Waals surface area (Å²) < 4.78 is 4.88. The Morgan fingerprint density at radius 2 is 2.08 bits per heavy atom. The zero-order valence-corrected chi connectivity index (χ0v) is 6.15. The summed E-state index contributed by atoms with van der Waals surface area (Å²) in [7, 11) is 0. The molecule has 1 aromatic carbocycles. The Morgan fingerprint density at radius 1 is 1.33 bits per heavy atom. The number of benzene rings is 1. The molecule has 3 heteroatoms. The van der Waals surface area contributed by atoms with Crippen molar-refractivity contribution in [3.63, 3.8) is 0 Å². The molecule has 12 heavy (non-hydrogen) atoms. The van der Waals surface area contributed by atoms with Crippen LogP contribution < -0.4 is 0 Å². The summed E-state index contributed by atoms with van der Waals surface area (Å²) in [5, 5.41) is 10.1. The summed E-state index contributed by atoms with van der Waals surface area (Å²) in [6, 6.07) is 7.15. The maximum absolute atomic E-state index is 10.6. The Labute approximate surface area is 68.2 Å². The quantitative estimate of drug-likeness (QED) is 0.698. The average molecular weight is 162 g/mol. The first-order valence-corrected chi connectivity index (χ1v) is 3.48. The molecule has 0 fully saturated rings. The minimum atomic E-state index is -1.03. The molecule has 2 aromatic rings. The fourth-order valence-corrected chi connectivity index (χ4v) is 1.16. The highest BCUT2D eigenvalue weighted by Crippen LogP contribution is 2.19. The highest BCUT2D eigenvalue weighted by Gasteiger charge is 2.11. The number of carboxylic acids is 1. The Bertz CT molecular complexity index is 428. The van der Waals surface area contributed by atoms with E-state index in [9.17, 15) is 4.79 Å². The van der Waals surface area contributed by atoms with Crippen molar-refractivity contribution >= 4 is 16.7 Å². The van der Waals surface area contributed by atoms with Crippen LogP contribution in [0.1, 0.15) is 10.6 Å². The van der Waals surface area contributed by atoms with Gasteiger partial charge in [0.15, 0.2) is 0 Å². The van der Waals surface area contributed by atoms with E-state index in [1.54, 1.807) is 12.1 Å². The van der Waals surface area contributed by atoms with Crippen molar-refractivity contribution in [2.24, 2.45) is 0 Å². The van der Waals surface area contributed by atoms with Crippen LogP contribution in [0.25, 0.3) is 10.8 Å². The highest BCUT2D eigenvalue weighted by molar-refractivity contribution is 6.01. The fraction of sp³-hybridized carbons (Fsp3) is 0. The standard InChI is InChI=1S/C9H6O3/c10-9(11)8-7-4-2-1-3-6(7)5-12-8/h1-5H,(H,10,11). The molecule has 0 amide bonds. The van der Waals surface area contributed by atoms with Crippen molar-refractivity contribution in [2.45, 2.75) is 0 Å². The molecule has 1 heterocycles. The first kappa shape index (κ1) is 6.91. The Hall–Kier alpha value is -1.77. The van der Waals surface area contributed by atoms with Crippen molar-refractivity contribution in [2.75, 3.05) is 0 Å². The van der Waals surface area contributed by atoms with Gasteiger partial charge in [0, 0.05) is 10.8 Å². The summed E-state index contributed by atoms with van der Waals surface area (Å²) in [5.41, 5.74) is 0. The Kier molecular flexibility index (Phi) is 1.37. The number of rotatable bonds is 1. The highest BCUT2D eigenvalue weighted by atomic mass is 16.4. The van der Waals surface area contributed by atoms with Gasteiger partial charge in [-0.15, -0.1) is 0 Å². The third-order valence-corrected chi connectivity index (χ3v) is 1.70. The number of aromatic carboxylic acids is 1. The first-order chi connectivity index (χ1) is 5.79. The molecule has 0 aliphatic heterocycles. The number of furan rings is 1. The van der Waals surface area contributed by atoms with E-state index in [1.165, 1.54) is 6.26 Å². The molecule has 0 bridgehead atoms. The molecular formula is C9H6O3. The maximum Gasteiger partial charge on any atom is 0.372 e. The lowest BCUT2D eigenvalue weighted by Gasteiger charge is -1.87. The summed E-state index contributed by atoms with van der Waals surface area (Å²) >= 11 is 0. The van der Waals surface area contributed by atoms with Gasteiger partial charge in [-0.1, -0.05) is 24.3 Å². The molecule has 0 atom stereocenters. The summed E-state index contributed by atoms with van der Waals surface area (Å²) in [6.07, 6.45) is 1.44. The van der Waals surface area contributed by atoms with Crippen LogP contribution in [-0.4, -0.2) is 11.1 Å². The Balaban J connectivity index is 2.79. The molecule has 60 valence electrons. The van der Waals surface area contributed by atoms with Crippen molar-refractivity contribution in [1.29, 1.82) is 0 Å². The number of carbonyl (C=O) groups is 1. The van der Waals surface area contributed by atoms with Gasteiger partial charge in [-0.25, -0.2) is 4.79 Å². The normalized spacial score (nSPS) is 10.3. The lowest BCUT2D eigenvalue weighted by Crippen LogP contribution is -1.92. The van der Waals surface area contributed by atoms with Gasteiger partial charge in [0.1, 0.15) is 0 Å². The second kappa shape index (κ2) is 2.37. The van der Waals surface area contributed by atoms with Crippen LogP contribution in [0.15, 0.2) is 34.9 Å². The number of fused-ring (bicyclic) bond motifs is 1. The van der Waals surface area contributed by atoms with E-state index < -0.39 is 5.97 Å². The molecule has 1 aromatic heterocycles. The SMILES string of the molecule is O=C(O)c1occ2ccccc12. The lowest BCUT2D eigenvalue weighted by molar-refractivity contribution is 0.0665. The van der Waals surface area contributed by atoms with Crippen LogP contribution in [-0.2, 0) is 0 Å². The Morgan fingerprint density at radius 3 is 2.83 bits per heavy atom. The van der Waals surface area contributed by atoms with Crippen molar-refractivity contribution < 1.29 is 14.3 Å². The zero-order chi connectivity index (χ0) is 8.55. The van der Waals surface area contributed by atoms with Gasteiger partial charge in [0.2, 0.25) is 5.76 Å². The van der Waals surface area contributed by atoms with Crippen molar-refractivity contribution in [3.05, 3.63) is 36.3 Å². The molecule has 0 saturated carbocycles. The third-order valence-electron chi connectivity index (χ3n) is 1.70. The smallest absolute Gasteiger partial charge is 0.372 e. The fourth-order valence-electron chi connectivity index (χ4n) is 1.16. The second-order valence-electron chi connectivity index (χ2n) is 2.46. The maximum atomic E-state index is 10.6. The molecular weight excluding hydrogens is 156 g/mol. The number of hydrogen-bond donors (Lipinski definition) is 1. The van der Waals surface area contributed by atoms with E-state index in [-0.39, 0.29) is 5.76 Å². The van der Waals surface area contributed by atoms with Gasteiger partial charge in [0.05, 0.1) is 6.26 Å². The van der Waals surface area contributed by atoms with Gasteiger partial charge in [-0.3, -0.25) is 0 Å². The van der Waals surface area contributed by atoms with E-state index >= 15 is 0 Å². The largest absolute Gasteiger partial charge is 0.475 e. The lowest BCUT2D eigenvalue weighted by atomic mass is 10.2. The molecule has 0 spiro atoms. The summed E-state index contributed by atoms with van der Waals surface area (Å²) in [4.78, 5) is 10.6. The zero-order valence-electron chi connectivity index (χ0n) is 6.15. The predicted molar refractivity (Wildman–Crippen MR) is 43.2 cm³/mol. The van der Waals surface area contributed by atoms with E-state index in [1.807, 2.05) is 12.1 Å². The van der Waals surface area contributed by atoms with Crippen LogP contribution in [0.5, 0.6) is 0 Å². The number of hydrogen-bond acceptors (Lipinski definition) is 2. The van der Waals surface area contributed by atoms with Crippen molar-refractivity contribution in [1.82, 2.24) is 0 Å². The second-order valence-corrected chi connectivity index (χ2v) is 2.46. The minimum absolute atomic E-state index is 0.00519. The molecule has 0 radical (unpaired) electrons. The summed E-state index contributed by atoms with van der Waals surface area (Å²) in [5.74, 6) is -1.03. The van der Waals surface area contributed by atoms with Crippen molar-refractivity contribution in [3.8, 4) is 0 Å². The van der Waals surface area contributed by atoms with Gasteiger partial charge in [-0.2, -0.15) is 0 Å².